The fraction of sp³-hybridized carbons (Fsp3) is 0.538. The van der Waals surface area contributed by atoms with Gasteiger partial charge in [0.25, 0.3) is 0 Å². The highest BCUT2D eigenvalue weighted by atomic mass is 79.9. The molecule has 0 saturated carbocycles. The number of rotatable bonds is 3. The van der Waals surface area contributed by atoms with Gasteiger partial charge in [0.2, 0.25) is 0 Å². The first-order valence-electron chi connectivity index (χ1n) is 5.69. The second kappa shape index (κ2) is 5.30. The van der Waals surface area contributed by atoms with E-state index in [0.29, 0.717) is 25.0 Å². The number of benzene rings is 1. The van der Waals surface area contributed by atoms with Crippen molar-refractivity contribution in [1.82, 2.24) is 0 Å². The molecule has 2 nitrogen and oxygen atoms in total. The molecule has 3 atom stereocenters. The fourth-order valence-electron chi connectivity index (χ4n) is 2.15. The van der Waals surface area contributed by atoms with E-state index in [9.17, 15) is 5.11 Å². The minimum Gasteiger partial charge on any atom is -0.392 e. The van der Waals surface area contributed by atoms with Crippen molar-refractivity contribution in [3.63, 3.8) is 0 Å². The SMILES string of the molecule is CC1CC(C(O)Cc2ccc(Br)cc2)CO1. The van der Waals surface area contributed by atoms with Crippen molar-refractivity contribution in [1.29, 1.82) is 0 Å². The first kappa shape index (κ1) is 12.1. The Morgan fingerprint density at radius 2 is 2.12 bits per heavy atom. The minimum absolute atomic E-state index is 0.286. The number of aliphatic hydroxyl groups excluding tert-OH is 1. The standard InChI is InChI=1S/C13H17BrO2/c1-9-6-11(8-16-9)13(15)7-10-2-4-12(14)5-3-10/h2-5,9,11,13,15H,6-8H2,1H3. The molecule has 1 aromatic carbocycles. The second-order valence-electron chi connectivity index (χ2n) is 4.54. The molecule has 1 fully saturated rings. The molecule has 1 aromatic rings. The molecule has 0 radical (unpaired) electrons. The highest BCUT2D eigenvalue weighted by molar-refractivity contribution is 9.10. The molecule has 0 amide bonds. The van der Waals surface area contributed by atoms with Crippen molar-refractivity contribution in [3.8, 4) is 0 Å². The summed E-state index contributed by atoms with van der Waals surface area (Å²) in [4.78, 5) is 0. The lowest BCUT2D eigenvalue weighted by Gasteiger charge is -2.16. The quantitative estimate of drug-likeness (QED) is 0.925. The van der Waals surface area contributed by atoms with Gasteiger partial charge in [-0.1, -0.05) is 28.1 Å². The van der Waals surface area contributed by atoms with E-state index in [2.05, 4.69) is 22.9 Å². The molecule has 3 unspecified atom stereocenters. The molecule has 1 N–H and O–H groups in total. The Balaban J connectivity index is 1.91. The minimum atomic E-state index is -0.286. The summed E-state index contributed by atoms with van der Waals surface area (Å²) in [7, 11) is 0. The van der Waals surface area contributed by atoms with Crippen molar-refractivity contribution in [3.05, 3.63) is 34.3 Å². The van der Waals surface area contributed by atoms with Crippen molar-refractivity contribution in [2.75, 3.05) is 6.61 Å². The van der Waals surface area contributed by atoms with E-state index in [1.54, 1.807) is 0 Å². The van der Waals surface area contributed by atoms with Crippen LogP contribution >= 0.6 is 15.9 Å². The smallest absolute Gasteiger partial charge is 0.0631 e. The van der Waals surface area contributed by atoms with Gasteiger partial charge in [-0.3, -0.25) is 0 Å². The van der Waals surface area contributed by atoms with Crippen LogP contribution in [0.5, 0.6) is 0 Å². The molecule has 16 heavy (non-hydrogen) atoms. The summed E-state index contributed by atoms with van der Waals surface area (Å²) in [5.41, 5.74) is 1.18. The maximum Gasteiger partial charge on any atom is 0.0631 e. The lowest BCUT2D eigenvalue weighted by Crippen LogP contribution is -2.23. The molecule has 1 aliphatic rings. The van der Waals surface area contributed by atoms with E-state index in [0.717, 1.165) is 10.9 Å². The van der Waals surface area contributed by atoms with E-state index in [1.807, 2.05) is 24.3 Å². The molecule has 3 heteroatoms. The average molecular weight is 285 g/mol. The van der Waals surface area contributed by atoms with Crippen LogP contribution in [-0.4, -0.2) is 23.9 Å². The topological polar surface area (TPSA) is 29.5 Å². The predicted molar refractivity (Wildman–Crippen MR) is 67.4 cm³/mol. The summed E-state index contributed by atoms with van der Waals surface area (Å²) in [5.74, 6) is 0.290. The molecule has 1 heterocycles. The van der Waals surface area contributed by atoms with Crippen LogP contribution < -0.4 is 0 Å². The van der Waals surface area contributed by atoms with Gasteiger partial charge in [-0.15, -0.1) is 0 Å². The Bertz CT molecular complexity index is 336. The van der Waals surface area contributed by atoms with Gasteiger partial charge in [-0.05, 0) is 37.5 Å². The maximum absolute atomic E-state index is 10.1. The normalized spacial score (nSPS) is 26.9. The largest absolute Gasteiger partial charge is 0.392 e. The first-order chi connectivity index (χ1) is 7.65. The van der Waals surface area contributed by atoms with Gasteiger partial charge in [0, 0.05) is 10.4 Å². The van der Waals surface area contributed by atoms with Crippen LogP contribution in [0.1, 0.15) is 18.9 Å². The molecule has 0 spiro atoms. The van der Waals surface area contributed by atoms with E-state index in [1.165, 1.54) is 5.56 Å². The maximum atomic E-state index is 10.1. The third kappa shape index (κ3) is 3.06. The Kier molecular flexibility index (Phi) is 4.00. The number of hydrogen-bond acceptors (Lipinski definition) is 2. The summed E-state index contributed by atoms with van der Waals surface area (Å²) >= 11 is 3.40. The van der Waals surface area contributed by atoms with Crippen molar-refractivity contribution in [2.24, 2.45) is 5.92 Å². The van der Waals surface area contributed by atoms with Gasteiger partial charge in [0.05, 0.1) is 18.8 Å². The molecule has 0 bridgehead atoms. The van der Waals surface area contributed by atoms with Crippen LogP contribution in [0.4, 0.5) is 0 Å². The lowest BCUT2D eigenvalue weighted by atomic mass is 9.94. The molecule has 2 rings (SSSR count). The van der Waals surface area contributed by atoms with Crippen LogP contribution in [0.15, 0.2) is 28.7 Å². The van der Waals surface area contributed by atoms with Crippen LogP contribution in [0.2, 0.25) is 0 Å². The number of hydrogen-bond donors (Lipinski definition) is 1. The second-order valence-corrected chi connectivity index (χ2v) is 5.45. The Hall–Kier alpha value is -0.380. The van der Waals surface area contributed by atoms with Crippen molar-refractivity contribution < 1.29 is 9.84 Å². The molecular weight excluding hydrogens is 268 g/mol. The molecule has 0 aromatic heterocycles. The zero-order valence-electron chi connectivity index (χ0n) is 9.40. The molecule has 1 aliphatic heterocycles. The van der Waals surface area contributed by atoms with E-state index < -0.39 is 0 Å². The molecule has 0 aliphatic carbocycles. The van der Waals surface area contributed by atoms with Gasteiger partial charge >= 0.3 is 0 Å². The summed E-state index contributed by atoms with van der Waals surface area (Å²) in [6, 6.07) is 8.12. The van der Waals surface area contributed by atoms with Crippen molar-refractivity contribution in [2.45, 2.75) is 32.0 Å². The van der Waals surface area contributed by atoms with Crippen molar-refractivity contribution >= 4 is 15.9 Å². The highest BCUT2D eigenvalue weighted by Crippen LogP contribution is 2.24. The van der Waals surface area contributed by atoms with Crippen LogP contribution in [0, 0.1) is 5.92 Å². The molecular formula is C13H17BrO2. The number of halogens is 1. The van der Waals surface area contributed by atoms with E-state index in [4.69, 9.17) is 4.74 Å². The zero-order chi connectivity index (χ0) is 11.5. The van der Waals surface area contributed by atoms with Crippen LogP contribution in [0.25, 0.3) is 0 Å². The monoisotopic (exact) mass is 284 g/mol. The highest BCUT2D eigenvalue weighted by Gasteiger charge is 2.28. The van der Waals surface area contributed by atoms with Gasteiger partial charge in [0.1, 0.15) is 0 Å². The predicted octanol–water partition coefficient (Wildman–Crippen LogP) is 2.78. The van der Waals surface area contributed by atoms with E-state index >= 15 is 0 Å². The third-order valence-corrected chi connectivity index (χ3v) is 3.66. The van der Waals surface area contributed by atoms with Gasteiger partial charge < -0.3 is 9.84 Å². The Morgan fingerprint density at radius 3 is 2.69 bits per heavy atom. The van der Waals surface area contributed by atoms with E-state index in [-0.39, 0.29) is 6.10 Å². The van der Waals surface area contributed by atoms with Gasteiger partial charge in [-0.25, -0.2) is 0 Å². The summed E-state index contributed by atoms with van der Waals surface area (Å²) in [6.45, 7) is 2.76. The Labute approximate surface area is 105 Å². The number of ether oxygens (including phenoxy) is 1. The first-order valence-corrected chi connectivity index (χ1v) is 6.48. The lowest BCUT2D eigenvalue weighted by molar-refractivity contribution is 0.0807. The molecule has 1 saturated heterocycles. The zero-order valence-corrected chi connectivity index (χ0v) is 11.0. The third-order valence-electron chi connectivity index (χ3n) is 3.13. The Morgan fingerprint density at radius 1 is 1.44 bits per heavy atom. The summed E-state index contributed by atoms with van der Waals surface area (Å²) in [5, 5.41) is 10.1. The number of aliphatic hydroxyl groups is 1. The summed E-state index contributed by atoms with van der Waals surface area (Å²) < 4.78 is 6.55. The van der Waals surface area contributed by atoms with Crippen LogP contribution in [-0.2, 0) is 11.2 Å². The van der Waals surface area contributed by atoms with Gasteiger partial charge in [0.15, 0.2) is 0 Å². The molecule has 88 valence electrons. The van der Waals surface area contributed by atoms with Gasteiger partial charge in [-0.2, -0.15) is 0 Å². The fourth-order valence-corrected chi connectivity index (χ4v) is 2.41. The van der Waals surface area contributed by atoms with Crippen LogP contribution in [0.3, 0.4) is 0 Å². The average Bonchev–Trinajstić information content (AvgIpc) is 2.68. The summed E-state index contributed by atoms with van der Waals surface area (Å²) in [6.07, 6.45) is 1.70.